The van der Waals surface area contributed by atoms with Gasteiger partial charge >= 0.3 is 0 Å². The molecule has 0 aliphatic heterocycles. The molecule has 0 unspecified atom stereocenters. The Morgan fingerprint density at radius 1 is 0.741 bits per heavy atom. The summed E-state index contributed by atoms with van der Waals surface area (Å²) in [7, 11) is 0. The van der Waals surface area contributed by atoms with Gasteiger partial charge in [-0.3, -0.25) is 0 Å². The quantitative estimate of drug-likeness (QED) is 0.378. The van der Waals surface area contributed by atoms with Crippen LogP contribution in [0.2, 0.25) is 0 Å². The van der Waals surface area contributed by atoms with Gasteiger partial charge in [-0.1, -0.05) is 99.9 Å². The van der Waals surface area contributed by atoms with Crippen LogP contribution in [0.5, 0.6) is 0 Å². The number of nitrogens with zero attached hydrogens (tertiary/aromatic N) is 3. The Labute approximate surface area is 185 Å². The number of hydrogen-bond acceptors (Lipinski definition) is 4. The van der Waals surface area contributed by atoms with Crippen molar-refractivity contribution in [2.45, 2.75) is 7.59 Å². The number of alkyl halides is 6. The highest BCUT2D eigenvalue weighted by Gasteiger charge is 2.33. The fourth-order valence-corrected chi connectivity index (χ4v) is 2.57. The SMILES string of the molecule is ClC(Cl)(Cl)c1nc(-c2ccc(/C=C\c3ccco3)cc2)nc(C(Cl)(Cl)Cl)n1. The molecule has 0 saturated carbocycles. The van der Waals surface area contributed by atoms with Crippen molar-refractivity contribution in [3.05, 3.63) is 65.6 Å². The Bertz CT molecular complexity index is 912. The Morgan fingerprint density at radius 2 is 1.33 bits per heavy atom. The number of furan rings is 1. The average Bonchev–Trinajstić information content (AvgIpc) is 3.12. The topological polar surface area (TPSA) is 51.8 Å². The minimum Gasteiger partial charge on any atom is -0.465 e. The van der Waals surface area contributed by atoms with Gasteiger partial charge in [-0.15, -0.1) is 0 Å². The summed E-state index contributed by atoms with van der Waals surface area (Å²) in [4.78, 5) is 12.3. The van der Waals surface area contributed by atoms with E-state index in [2.05, 4.69) is 15.0 Å². The lowest BCUT2D eigenvalue weighted by molar-refractivity contribution is 0.557. The van der Waals surface area contributed by atoms with E-state index in [1.807, 2.05) is 36.4 Å². The maximum atomic E-state index is 5.89. The fraction of sp³-hybridized carbons (Fsp3) is 0.118. The first-order chi connectivity index (χ1) is 12.6. The standard InChI is InChI=1S/C17H9Cl6N3O/c18-16(19,20)14-24-13(25-15(26-14)17(21,22)23)11-6-3-10(4-7-11)5-8-12-2-1-9-27-12/h1-9H/b8-5-. The maximum absolute atomic E-state index is 5.89. The van der Waals surface area contributed by atoms with E-state index in [0.717, 1.165) is 11.3 Å². The van der Waals surface area contributed by atoms with Gasteiger partial charge < -0.3 is 4.42 Å². The fourth-order valence-electron chi connectivity index (χ4n) is 2.07. The van der Waals surface area contributed by atoms with Crippen molar-refractivity contribution in [1.82, 2.24) is 15.0 Å². The summed E-state index contributed by atoms with van der Waals surface area (Å²) < 4.78 is 1.46. The van der Waals surface area contributed by atoms with Crippen LogP contribution >= 0.6 is 69.6 Å². The molecule has 0 atom stereocenters. The minimum absolute atomic E-state index is 0.138. The molecule has 0 aliphatic rings. The van der Waals surface area contributed by atoms with Crippen LogP contribution in [-0.2, 0) is 7.59 Å². The van der Waals surface area contributed by atoms with E-state index in [1.165, 1.54) is 0 Å². The third-order valence-corrected chi connectivity index (χ3v) is 4.31. The Hall–Kier alpha value is -1.01. The van der Waals surface area contributed by atoms with Crippen LogP contribution in [0.4, 0.5) is 0 Å². The highest BCUT2D eigenvalue weighted by molar-refractivity contribution is 6.67. The third kappa shape index (κ3) is 5.50. The van der Waals surface area contributed by atoms with Crippen molar-refractivity contribution in [3.8, 4) is 11.4 Å². The number of aromatic nitrogens is 3. The maximum Gasteiger partial charge on any atom is 0.250 e. The van der Waals surface area contributed by atoms with E-state index in [4.69, 9.17) is 74.0 Å². The molecule has 0 fully saturated rings. The summed E-state index contributed by atoms with van der Waals surface area (Å²) in [6.45, 7) is 0. The van der Waals surface area contributed by atoms with Gasteiger partial charge in [0.1, 0.15) is 5.76 Å². The molecule has 3 aromatic rings. The van der Waals surface area contributed by atoms with Crippen LogP contribution in [0.15, 0.2) is 47.1 Å². The second-order valence-electron chi connectivity index (χ2n) is 5.27. The summed E-state index contributed by atoms with van der Waals surface area (Å²) in [5.74, 6) is 0.687. The van der Waals surface area contributed by atoms with Crippen LogP contribution in [0, 0.1) is 0 Å². The van der Waals surface area contributed by atoms with Crippen LogP contribution in [0.1, 0.15) is 23.0 Å². The van der Waals surface area contributed by atoms with Gasteiger partial charge in [-0.2, -0.15) is 0 Å². The van der Waals surface area contributed by atoms with Crippen LogP contribution < -0.4 is 0 Å². The van der Waals surface area contributed by atoms with Crippen molar-refractivity contribution in [3.63, 3.8) is 0 Å². The van der Waals surface area contributed by atoms with Crippen LogP contribution in [-0.4, -0.2) is 15.0 Å². The molecule has 2 aromatic heterocycles. The summed E-state index contributed by atoms with van der Waals surface area (Å²) in [5.41, 5.74) is 1.57. The summed E-state index contributed by atoms with van der Waals surface area (Å²) in [6.07, 6.45) is 5.35. The van der Waals surface area contributed by atoms with Crippen LogP contribution in [0.25, 0.3) is 23.5 Å². The first-order valence-electron chi connectivity index (χ1n) is 7.35. The first-order valence-corrected chi connectivity index (χ1v) is 9.62. The third-order valence-electron chi connectivity index (χ3n) is 3.29. The number of hydrogen-bond donors (Lipinski definition) is 0. The van der Waals surface area contributed by atoms with Gasteiger partial charge in [-0.05, 0) is 23.8 Å². The molecule has 0 N–H and O–H groups in total. The van der Waals surface area contributed by atoms with E-state index in [-0.39, 0.29) is 17.5 Å². The lowest BCUT2D eigenvalue weighted by Gasteiger charge is -2.15. The molecular weight excluding hydrogens is 475 g/mol. The summed E-state index contributed by atoms with van der Waals surface area (Å²) in [6, 6.07) is 11.0. The molecule has 140 valence electrons. The molecule has 0 bridgehead atoms. The van der Waals surface area contributed by atoms with E-state index in [9.17, 15) is 0 Å². The second-order valence-corrected chi connectivity index (χ2v) is 9.83. The van der Waals surface area contributed by atoms with E-state index < -0.39 is 7.59 Å². The Balaban J connectivity index is 1.95. The van der Waals surface area contributed by atoms with E-state index >= 15 is 0 Å². The Kier molecular flexibility index (Phi) is 6.26. The molecule has 0 saturated heterocycles. The predicted octanol–water partition coefficient (Wildman–Crippen LogP) is 6.96. The molecule has 0 amide bonds. The lowest BCUT2D eigenvalue weighted by Crippen LogP contribution is -2.16. The number of benzene rings is 1. The smallest absolute Gasteiger partial charge is 0.250 e. The van der Waals surface area contributed by atoms with Crippen molar-refractivity contribution in [2.75, 3.05) is 0 Å². The second kappa shape index (κ2) is 8.16. The molecule has 4 nitrogen and oxygen atoms in total. The van der Waals surface area contributed by atoms with Crippen molar-refractivity contribution >= 4 is 81.8 Å². The zero-order valence-electron chi connectivity index (χ0n) is 13.2. The monoisotopic (exact) mass is 481 g/mol. The lowest BCUT2D eigenvalue weighted by atomic mass is 10.1. The normalized spacial score (nSPS) is 12.7. The summed E-state index contributed by atoms with van der Waals surface area (Å²) >= 11 is 35.3. The molecule has 3 rings (SSSR count). The average molecular weight is 484 g/mol. The molecular formula is C17H9Cl6N3O. The largest absolute Gasteiger partial charge is 0.465 e. The van der Waals surface area contributed by atoms with Gasteiger partial charge in [0.15, 0.2) is 17.5 Å². The molecule has 27 heavy (non-hydrogen) atoms. The first kappa shape index (κ1) is 20.7. The molecule has 10 heteroatoms. The minimum atomic E-state index is -1.89. The van der Waals surface area contributed by atoms with Gasteiger partial charge in [0.05, 0.1) is 6.26 Å². The molecule has 0 radical (unpaired) electrons. The zero-order chi connectivity index (χ0) is 19.7. The van der Waals surface area contributed by atoms with Gasteiger partial charge in [-0.25, -0.2) is 15.0 Å². The Morgan fingerprint density at radius 3 is 1.81 bits per heavy atom. The number of rotatable bonds is 3. The number of halogens is 6. The highest BCUT2D eigenvalue weighted by Crippen LogP contribution is 2.40. The van der Waals surface area contributed by atoms with Crippen molar-refractivity contribution in [2.24, 2.45) is 0 Å². The van der Waals surface area contributed by atoms with Crippen LogP contribution in [0.3, 0.4) is 0 Å². The molecule has 0 spiro atoms. The van der Waals surface area contributed by atoms with Gasteiger partial charge in [0.2, 0.25) is 7.59 Å². The zero-order valence-corrected chi connectivity index (χ0v) is 17.7. The van der Waals surface area contributed by atoms with Gasteiger partial charge in [0, 0.05) is 5.56 Å². The summed E-state index contributed by atoms with van der Waals surface area (Å²) in [5, 5.41) is 0. The van der Waals surface area contributed by atoms with Gasteiger partial charge in [0.25, 0.3) is 0 Å². The molecule has 2 heterocycles. The highest BCUT2D eigenvalue weighted by atomic mass is 35.6. The van der Waals surface area contributed by atoms with E-state index in [0.29, 0.717) is 5.56 Å². The molecule has 1 aromatic carbocycles. The van der Waals surface area contributed by atoms with E-state index in [1.54, 1.807) is 18.4 Å². The molecule has 0 aliphatic carbocycles. The van der Waals surface area contributed by atoms with Crippen molar-refractivity contribution < 1.29 is 4.42 Å². The predicted molar refractivity (Wildman–Crippen MR) is 111 cm³/mol. The van der Waals surface area contributed by atoms with Crippen molar-refractivity contribution in [1.29, 1.82) is 0 Å².